The van der Waals surface area contributed by atoms with Gasteiger partial charge in [-0.15, -0.1) is 24.8 Å². The van der Waals surface area contributed by atoms with Crippen molar-refractivity contribution in [1.29, 1.82) is 0 Å². The monoisotopic (exact) mass is 216 g/mol. The van der Waals surface area contributed by atoms with E-state index in [4.69, 9.17) is 0 Å². The van der Waals surface area contributed by atoms with Gasteiger partial charge in [0.2, 0.25) is 0 Å². The van der Waals surface area contributed by atoms with Crippen molar-refractivity contribution in [3.8, 4) is 0 Å². The molecule has 0 amide bonds. The van der Waals surface area contributed by atoms with E-state index in [0.29, 0.717) is 0 Å². The maximum atomic E-state index is 2.22. The minimum atomic E-state index is 0. The highest BCUT2D eigenvalue weighted by molar-refractivity contribution is 5.85. The summed E-state index contributed by atoms with van der Waals surface area (Å²) in [6.45, 7) is 13.3. The summed E-state index contributed by atoms with van der Waals surface area (Å²) in [7, 11) is 0. The van der Waals surface area contributed by atoms with E-state index < -0.39 is 0 Å². The summed E-state index contributed by atoms with van der Waals surface area (Å²) in [4.78, 5) is 0. The molecule has 0 saturated carbocycles. The van der Waals surface area contributed by atoms with Crippen LogP contribution in [0, 0.1) is 11.8 Å². The first-order valence-corrected chi connectivity index (χ1v) is 4.54. The second-order valence-corrected chi connectivity index (χ2v) is 3.60. The number of hydrogen-bond acceptors (Lipinski definition) is 0. The zero-order chi connectivity index (χ0) is 8.57. The van der Waals surface area contributed by atoms with E-state index in [1.807, 2.05) is 0 Å². The molecule has 0 bridgehead atoms. The normalized spacial score (nSPS) is 8.00. The van der Waals surface area contributed by atoms with E-state index >= 15 is 0 Å². The van der Waals surface area contributed by atoms with Gasteiger partial charge in [-0.05, 0) is 11.8 Å². The minimum Gasteiger partial charge on any atom is -0.147 e. The molecule has 0 nitrogen and oxygen atoms in total. The molecule has 0 fully saturated rings. The maximum Gasteiger partial charge on any atom is -0.0474 e. The zero-order valence-electron chi connectivity index (χ0n) is 9.39. The molecule has 0 aliphatic heterocycles. The van der Waals surface area contributed by atoms with Crippen LogP contribution in [0.2, 0.25) is 0 Å². The van der Waals surface area contributed by atoms with Crippen LogP contribution in [0.25, 0.3) is 0 Å². The van der Waals surface area contributed by atoms with Crippen molar-refractivity contribution < 1.29 is 0 Å². The van der Waals surface area contributed by atoms with Gasteiger partial charge in [-0.2, -0.15) is 0 Å². The molecule has 0 heterocycles. The van der Waals surface area contributed by atoms with E-state index in [2.05, 4.69) is 41.5 Å². The van der Waals surface area contributed by atoms with Crippen LogP contribution >= 0.6 is 24.8 Å². The molecule has 0 saturated heterocycles. The van der Waals surface area contributed by atoms with Gasteiger partial charge in [0.15, 0.2) is 0 Å². The van der Waals surface area contributed by atoms with Crippen molar-refractivity contribution in [2.75, 3.05) is 0 Å². The summed E-state index contributed by atoms with van der Waals surface area (Å²) in [5.41, 5.74) is 0. The van der Waals surface area contributed by atoms with Crippen molar-refractivity contribution in [2.24, 2.45) is 11.8 Å². The van der Waals surface area contributed by atoms with Crippen LogP contribution in [0.5, 0.6) is 0 Å². The molecule has 0 aromatic rings. The molecule has 80 valence electrons. The first-order chi connectivity index (χ1) is 4.54. The molecule has 0 N–H and O–H groups in total. The van der Waals surface area contributed by atoms with Crippen LogP contribution in [0.15, 0.2) is 0 Å². The smallest absolute Gasteiger partial charge is 0.0474 e. The minimum absolute atomic E-state index is 0. The summed E-state index contributed by atoms with van der Waals surface area (Å²) in [5.74, 6) is 1.77. The molecule has 0 rings (SSSR count). The Hall–Kier alpha value is 0.580. The summed E-state index contributed by atoms with van der Waals surface area (Å²) < 4.78 is 0. The molecule has 0 aliphatic carbocycles. The predicted octanol–water partition coefficient (Wildman–Crippen LogP) is 4.95. The van der Waals surface area contributed by atoms with Crippen molar-refractivity contribution in [3.63, 3.8) is 0 Å². The van der Waals surface area contributed by atoms with E-state index in [-0.39, 0.29) is 24.8 Å². The third-order valence-electron chi connectivity index (χ3n) is 1.63. The SMILES string of the molecule is CCC(C)C.CCC(C)C.Cl.Cl. The van der Waals surface area contributed by atoms with Gasteiger partial charge in [-0.25, -0.2) is 0 Å². The highest BCUT2D eigenvalue weighted by Crippen LogP contribution is 1.94. The Morgan fingerprint density at radius 1 is 0.667 bits per heavy atom. The fourth-order valence-corrected chi connectivity index (χ4v) is 0. The number of rotatable bonds is 2. The molecule has 12 heavy (non-hydrogen) atoms. The van der Waals surface area contributed by atoms with Crippen LogP contribution in [0.1, 0.15) is 54.4 Å². The summed E-state index contributed by atoms with van der Waals surface area (Å²) in [6, 6.07) is 0. The van der Waals surface area contributed by atoms with E-state index in [1.165, 1.54) is 12.8 Å². The summed E-state index contributed by atoms with van der Waals surface area (Å²) in [6.07, 6.45) is 2.61. The van der Waals surface area contributed by atoms with Gasteiger partial charge in [0.1, 0.15) is 0 Å². The third-order valence-corrected chi connectivity index (χ3v) is 1.63. The second kappa shape index (κ2) is 17.6. The van der Waals surface area contributed by atoms with Gasteiger partial charge in [0.05, 0.1) is 0 Å². The lowest BCUT2D eigenvalue weighted by Gasteiger charge is -1.90. The topological polar surface area (TPSA) is 0 Å². The number of halogens is 2. The van der Waals surface area contributed by atoms with Crippen LogP contribution in [0.4, 0.5) is 0 Å². The summed E-state index contributed by atoms with van der Waals surface area (Å²) in [5, 5.41) is 0. The molecule has 0 aromatic carbocycles. The van der Waals surface area contributed by atoms with Gasteiger partial charge >= 0.3 is 0 Å². The van der Waals surface area contributed by atoms with Gasteiger partial charge in [0, 0.05) is 0 Å². The Balaban J connectivity index is -0.0000000457. The van der Waals surface area contributed by atoms with Crippen molar-refractivity contribution in [2.45, 2.75) is 54.4 Å². The average Bonchev–Trinajstić information content (AvgIpc) is 1.89. The third kappa shape index (κ3) is 46.3. The van der Waals surface area contributed by atoms with Crippen LogP contribution in [-0.2, 0) is 0 Å². The zero-order valence-corrected chi connectivity index (χ0v) is 11.0. The van der Waals surface area contributed by atoms with Gasteiger partial charge in [-0.1, -0.05) is 54.4 Å². The van der Waals surface area contributed by atoms with E-state index in [0.717, 1.165) is 11.8 Å². The Labute approximate surface area is 91.3 Å². The van der Waals surface area contributed by atoms with E-state index in [1.54, 1.807) is 0 Å². The van der Waals surface area contributed by atoms with Crippen LogP contribution in [0.3, 0.4) is 0 Å². The number of hydrogen-bond donors (Lipinski definition) is 0. The molecule has 2 heteroatoms. The molecular formula is C10H26Cl2. The molecule has 0 unspecified atom stereocenters. The predicted molar refractivity (Wildman–Crippen MR) is 64.8 cm³/mol. The molecule has 0 radical (unpaired) electrons. The molecule has 0 aliphatic rings. The first-order valence-electron chi connectivity index (χ1n) is 4.54. The van der Waals surface area contributed by atoms with Crippen LogP contribution < -0.4 is 0 Å². The van der Waals surface area contributed by atoms with Crippen molar-refractivity contribution in [3.05, 3.63) is 0 Å². The Morgan fingerprint density at radius 2 is 0.750 bits per heavy atom. The fraction of sp³-hybridized carbons (Fsp3) is 1.00. The largest absolute Gasteiger partial charge is 0.147 e. The maximum absolute atomic E-state index is 2.22. The van der Waals surface area contributed by atoms with Crippen molar-refractivity contribution >= 4 is 24.8 Å². The molecular weight excluding hydrogens is 191 g/mol. The Morgan fingerprint density at radius 3 is 0.750 bits per heavy atom. The lowest BCUT2D eigenvalue weighted by atomic mass is 10.2. The lowest BCUT2D eigenvalue weighted by Crippen LogP contribution is -1.77. The van der Waals surface area contributed by atoms with Crippen molar-refractivity contribution in [1.82, 2.24) is 0 Å². The highest BCUT2D eigenvalue weighted by atomic mass is 35.5. The average molecular weight is 217 g/mol. The molecule has 0 aromatic heterocycles. The summed E-state index contributed by atoms with van der Waals surface area (Å²) >= 11 is 0. The van der Waals surface area contributed by atoms with Gasteiger partial charge in [0.25, 0.3) is 0 Å². The lowest BCUT2D eigenvalue weighted by molar-refractivity contribution is 0.626. The van der Waals surface area contributed by atoms with Crippen LogP contribution in [-0.4, -0.2) is 0 Å². The Kier molecular flexibility index (Phi) is 33.6. The fourth-order valence-electron chi connectivity index (χ4n) is 0. The highest BCUT2D eigenvalue weighted by Gasteiger charge is 1.80. The van der Waals surface area contributed by atoms with Gasteiger partial charge < -0.3 is 0 Å². The molecule has 0 atom stereocenters. The quantitative estimate of drug-likeness (QED) is 0.614. The second-order valence-electron chi connectivity index (χ2n) is 3.60. The molecule has 0 spiro atoms. The van der Waals surface area contributed by atoms with E-state index in [9.17, 15) is 0 Å². The standard InChI is InChI=1S/2C5H12.2ClH/c2*1-4-5(2)3;;/h2*5H,4H2,1-3H3;2*1H. The Bertz CT molecular complexity index is 43.8. The first kappa shape index (κ1) is 22.9. The van der Waals surface area contributed by atoms with Gasteiger partial charge in [-0.3, -0.25) is 0 Å².